The molecule has 6 rings (SSSR count). The Morgan fingerprint density at radius 3 is 2.71 bits per heavy atom. The first-order valence-electron chi connectivity index (χ1n) is 13.8. The molecule has 0 aliphatic carbocycles. The van der Waals surface area contributed by atoms with Crippen LogP contribution in [0.25, 0.3) is 5.65 Å². The Morgan fingerprint density at radius 2 is 1.95 bits per heavy atom. The molecule has 12 nitrogen and oxygen atoms in total. The normalized spacial score (nSPS) is 17.2. The van der Waals surface area contributed by atoms with E-state index in [0.717, 1.165) is 11.3 Å². The zero-order valence-electron chi connectivity index (χ0n) is 23.7. The first kappa shape index (κ1) is 27.5. The number of aliphatic hydroxyl groups excluding tert-OH is 1. The molecular formula is C30H33N7O5. The minimum absolute atomic E-state index is 0.0587. The number of hydrogen-bond donors (Lipinski definition) is 2. The zero-order chi connectivity index (χ0) is 29.4. The number of rotatable bonds is 9. The van der Waals surface area contributed by atoms with Crippen LogP contribution >= 0.6 is 0 Å². The van der Waals surface area contributed by atoms with E-state index in [0.29, 0.717) is 37.6 Å². The van der Waals surface area contributed by atoms with Gasteiger partial charge in [0.2, 0.25) is 0 Å². The van der Waals surface area contributed by atoms with Crippen LogP contribution in [-0.4, -0.2) is 87.0 Å². The van der Waals surface area contributed by atoms with Gasteiger partial charge in [-0.2, -0.15) is 0 Å². The van der Waals surface area contributed by atoms with Crippen molar-refractivity contribution in [3.63, 3.8) is 0 Å². The van der Waals surface area contributed by atoms with Crippen LogP contribution in [0.3, 0.4) is 0 Å². The van der Waals surface area contributed by atoms with Gasteiger partial charge in [0.1, 0.15) is 17.5 Å². The topological polar surface area (TPSA) is 134 Å². The number of aromatic nitrogens is 4. The highest BCUT2D eigenvalue weighted by atomic mass is 16.5. The van der Waals surface area contributed by atoms with Crippen molar-refractivity contribution in [3.05, 3.63) is 83.6 Å². The fourth-order valence-electron chi connectivity index (χ4n) is 5.55. The molecule has 42 heavy (non-hydrogen) atoms. The molecule has 1 spiro atoms. The van der Waals surface area contributed by atoms with Crippen molar-refractivity contribution in [3.8, 4) is 5.75 Å². The van der Waals surface area contributed by atoms with Crippen molar-refractivity contribution in [2.75, 3.05) is 44.8 Å². The van der Waals surface area contributed by atoms with Crippen LogP contribution in [0.15, 0.2) is 60.9 Å². The maximum Gasteiger partial charge on any atom is 0.356 e. The summed E-state index contributed by atoms with van der Waals surface area (Å²) in [6, 6.07) is 15.3. The summed E-state index contributed by atoms with van der Waals surface area (Å²) in [5.41, 5.74) is 3.29. The minimum Gasteiger partial charge on any atom is -0.491 e. The predicted molar refractivity (Wildman–Crippen MR) is 154 cm³/mol. The molecule has 5 heterocycles. The lowest BCUT2D eigenvalue weighted by atomic mass is 9.90. The van der Waals surface area contributed by atoms with Crippen LogP contribution in [0.1, 0.15) is 46.4 Å². The number of urea groups is 1. The quantitative estimate of drug-likeness (QED) is 0.291. The number of amides is 2. The van der Waals surface area contributed by atoms with Gasteiger partial charge in [-0.1, -0.05) is 37.3 Å². The van der Waals surface area contributed by atoms with E-state index in [1.54, 1.807) is 27.9 Å². The molecule has 0 radical (unpaired) electrons. The van der Waals surface area contributed by atoms with Gasteiger partial charge < -0.3 is 29.7 Å². The fraction of sp³-hybridized carbons (Fsp3) is 0.367. The van der Waals surface area contributed by atoms with Crippen LogP contribution in [0.2, 0.25) is 0 Å². The summed E-state index contributed by atoms with van der Waals surface area (Å²) in [7, 11) is 1.32. The summed E-state index contributed by atoms with van der Waals surface area (Å²) in [5.74, 6) is 0.620. The van der Waals surface area contributed by atoms with Crippen molar-refractivity contribution < 1.29 is 24.2 Å². The second-order valence-electron chi connectivity index (χ2n) is 11.1. The fourth-order valence-corrected chi connectivity index (χ4v) is 5.55. The summed E-state index contributed by atoms with van der Waals surface area (Å²) >= 11 is 0. The molecule has 2 atom stereocenters. The molecule has 3 aromatic heterocycles. The molecule has 2 aliphatic rings. The highest BCUT2D eigenvalue weighted by Gasteiger charge is 2.51. The van der Waals surface area contributed by atoms with E-state index in [9.17, 15) is 14.7 Å². The molecule has 12 heteroatoms. The average Bonchev–Trinajstić information content (AvgIpc) is 3.57. The Morgan fingerprint density at radius 1 is 1.17 bits per heavy atom. The SMILES string of the molecule is COC(=O)c1cc(N2CC3(CN(CC(O)c4nc5c(C)cc(OC[C@H](C)c6ccccc6)cn5n4)C(=O)N3)C2)ccn1. The Bertz CT molecular complexity index is 1620. The van der Waals surface area contributed by atoms with Crippen molar-refractivity contribution in [2.45, 2.75) is 31.4 Å². The molecule has 0 saturated carbocycles. The average molecular weight is 572 g/mol. The number of carbonyl (C=O) groups is 2. The number of esters is 1. The molecule has 2 fully saturated rings. The summed E-state index contributed by atoms with van der Waals surface area (Å²) in [6.45, 7) is 6.16. The molecule has 1 aromatic carbocycles. The number of nitrogens with one attached hydrogen (secondary N) is 1. The molecule has 0 bridgehead atoms. The van der Waals surface area contributed by atoms with E-state index in [2.05, 4.69) is 44.3 Å². The second-order valence-corrected chi connectivity index (χ2v) is 11.1. The van der Waals surface area contributed by atoms with Gasteiger partial charge in [-0.05, 0) is 36.2 Å². The third-order valence-electron chi connectivity index (χ3n) is 7.81. The standard InChI is InChI=1S/C30H33N7O5/c1-19-11-23(42-15-20(2)21-7-5-4-6-8-21)13-37-27(19)32-26(34-37)25(38)14-35-16-30(33-29(35)40)17-36(18-30)22-9-10-31-24(12-22)28(39)41-3/h4-13,20,25,38H,14-18H2,1-3H3,(H,33,40)/t20-,25?/m0/s1. The predicted octanol–water partition coefficient (Wildman–Crippen LogP) is 2.72. The maximum atomic E-state index is 12.8. The number of carbonyl (C=O) groups excluding carboxylic acids is 2. The number of β-amino-alcohol motifs (C(OH)–C–C–N with tert-alkyl or cyclic N) is 1. The van der Waals surface area contributed by atoms with Crippen LogP contribution in [0, 0.1) is 6.92 Å². The number of methoxy groups -OCH3 is 1. The lowest BCUT2D eigenvalue weighted by molar-refractivity contribution is 0.0594. The number of hydrogen-bond acceptors (Lipinski definition) is 9. The lowest BCUT2D eigenvalue weighted by Gasteiger charge is -2.48. The third kappa shape index (κ3) is 5.32. The van der Waals surface area contributed by atoms with Gasteiger partial charge in [0, 0.05) is 37.4 Å². The number of aryl methyl sites for hydroxylation is 1. The van der Waals surface area contributed by atoms with Crippen LogP contribution in [-0.2, 0) is 4.74 Å². The zero-order valence-corrected chi connectivity index (χ0v) is 23.7. The highest BCUT2D eigenvalue weighted by Crippen LogP contribution is 2.32. The maximum absolute atomic E-state index is 12.8. The number of nitrogens with zero attached hydrogens (tertiary/aromatic N) is 6. The van der Waals surface area contributed by atoms with Gasteiger partial charge in [-0.25, -0.2) is 24.1 Å². The van der Waals surface area contributed by atoms with Crippen LogP contribution in [0.4, 0.5) is 10.5 Å². The Labute approximate surface area is 242 Å². The highest BCUT2D eigenvalue weighted by molar-refractivity contribution is 5.88. The van der Waals surface area contributed by atoms with Gasteiger partial charge in [0.15, 0.2) is 11.5 Å². The molecular weight excluding hydrogens is 538 g/mol. The number of aliphatic hydroxyl groups is 1. The largest absolute Gasteiger partial charge is 0.491 e. The summed E-state index contributed by atoms with van der Waals surface area (Å²) in [4.78, 5) is 36.9. The van der Waals surface area contributed by atoms with E-state index < -0.39 is 17.6 Å². The summed E-state index contributed by atoms with van der Waals surface area (Å²) in [5, 5.41) is 18.6. The summed E-state index contributed by atoms with van der Waals surface area (Å²) < 4.78 is 12.4. The number of pyridine rings is 2. The first-order chi connectivity index (χ1) is 20.2. The van der Waals surface area contributed by atoms with Crippen molar-refractivity contribution in [1.29, 1.82) is 0 Å². The molecule has 2 saturated heterocycles. The van der Waals surface area contributed by atoms with Gasteiger partial charge in [-0.3, -0.25) is 0 Å². The van der Waals surface area contributed by atoms with Gasteiger partial charge in [0.05, 0.1) is 32.0 Å². The smallest absolute Gasteiger partial charge is 0.356 e. The molecule has 2 aliphatic heterocycles. The molecule has 218 valence electrons. The number of ether oxygens (including phenoxy) is 2. The van der Waals surface area contributed by atoms with Crippen LogP contribution in [0.5, 0.6) is 5.75 Å². The monoisotopic (exact) mass is 571 g/mol. The lowest BCUT2D eigenvalue weighted by Crippen LogP contribution is -2.69. The van der Waals surface area contributed by atoms with Gasteiger partial charge in [0.25, 0.3) is 0 Å². The van der Waals surface area contributed by atoms with Crippen molar-refractivity contribution >= 4 is 23.3 Å². The van der Waals surface area contributed by atoms with E-state index in [4.69, 9.17) is 9.47 Å². The molecule has 1 unspecified atom stereocenters. The van der Waals surface area contributed by atoms with Gasteiger partial charge in [-0.15, -0.1) is 5.10 Å². The molecule has 4 aromatic rings. The van der Waals surface area contributed by atoms with E-state index in [1.807, 2.05) is 37.3 Å². The van der Waals surface area contributed by atoms with Gasteiger partial charge >= 0.3 is 12.0 Å². The Balaban J connectivity index is 1.08. The minimum atomic E-state index is -1.06. The molecule has 2 N–H and O–H groups in total. The van der Waals surface area contributed by atoms with E-state index in [1.165, 1.54) is 12.7 Å². The third-order valence-corrected chi connectivity index (χ3v) is 7.81. The summed E-state index contributed by atoms with van der Waals surface area (Å²) in [6.07, 6.45) is 2.26. The van der Waals surface area contributed by atoms with E-state index >= 15 is 0 Å². The second kappa shape index (κ2) is 10.9. The Hall–Kier alpha value is -4.71. The first-order valence-corrected chi connectivity index (χ1v) is 13.8. The van der Waals surface area contributed by atoms with Crippen molar-refractivity contribution in [1.82, 2.24) is 29.8 Å². The Kier molecular flexibility index (Phi) is 7.15. The number of anilines is 1. The van der Waals surface area contributed by atoms with Crippen molar-refractivity contribution in [2.24, 2.45) is 0 Å². The number of fused-ring (bicyclic) bond motifs is 1. The van der Waals surface area contributed by atoms with Crippen LogP contribution < -0.4 is 15.0 Å². The molecule has 2 amide bonds. The number of benzene rings is 1. The van der Waals surface area contributed by atoms with E-state index in [-0.39, 0.29) is 30.0 Å².